The van der Waals surface area contributed by atoms with E-state index in [9.17, 15) is 0 Å². The number of fused-ring (bicyclic) bond motifs is 2. The summed E-state index contributed by atoms with van der Waals surface area (Å²) in [5.41, 5.74) is 3.79. The number of nitrogens with zero attached hydrogens (tertiary/aromatic N) is 6. The van der Waals surface area contributed by atoms with Crippen LogP contribution in [-0.2, 0) is 0 Å². The van der Waals surface area contributed by atoms with Gasteiger partial charge in [0.2, 0.25) is 5.95 Å². The maximum atomic E-state index is 15.3. The fourth-order valence-corrected chi connectivity index (χ4v) is 5.87. The molecule has 0 unspecified atom stereocenters. The van der Waals surface area contributed by atoms with Crippen LogP contribution in [0.2, 0.25) is 0 Å². The fourth-order valence-electron chi connectivity index (χ4n) is 5.87. The molecule has 1 aromatic carbocycles. The number of piperidine rings is 2. The van der Waals surface area contributed by atoms with Gasteiger partial charge in [0.1, 0.15) is 17.0 Å². The van der Waals surface area contributed by atoms with E-state index in [1.165, 1.54) is 12.8 Å². The summed E-state index contributed by atoms with van der Waals surface area (Å²) in [6.45, 7) is 7.23. The zero-order valence-electron chi connectivity index (χ0n) is 21.4. The van der Waals surface area contributed by atoms with Crippen LogP contribution in [0, 0.1) is 18.7 Å². The Balaban J connectivity index is 1.29. The first-order valence-electron chi connectivity index (χ1n) is 13.1. The lowest BCUT2D eigenvalue weighted by atomic mass is 9.97. The van der Waals surface area contributed by atoms with E-state index in [1.807, 2.05) is 19.3 Å². The number of nitrogens with one attached hydrogen (secondary N) is 2. The Kier molecular flexibility index (Phi) is 6.13. The number of halogens is 1. The fraction of sp³-hybridized carbons (Fsp3) is 0.519. The van der Waals surface area contributed by atoms with E-state index in [0.717, 1.165) is 79.1 Å². The molecular formula is C27H35FN8. The molecule has 0 spiro atoms. The van der Waals surface area contributed by atoms with Crippen molar-refractivity contribution in [3.63, 3.8) is 0 Å². The summed E-state index contributed by atoms with van der Waals surface area (Å²) in [7, 11) is 4.33. The summed E-state index contributed by atoms with van der Waals surface area (Å²) in [4.78, 5) is 21.9. The smallest absolute Gasteiger partial charge is 0.224 e. The number of anilines is 1. The molecule has 2 aliphatic rings. The zero-order chi connectivity index (χ0) is 24.8. The summed E-state index contributed by atoms with van der Waals surface area (Å²) >= 11 is 0. The molecule has 4 aromatic rings. The average molecular weight is 491 g/mol. The number of hydrogen-bond donors (Lipinski definition) is 2. The van der Waals surface area contributed by atoms with Crippen molar-refractivity contribution in [2.45, 2.75) is 38.6 Å². The van der Waals surface area contributed by atoms with Crippen molar-refractivity contribution < 1.29 is 4.39 Å². The molecule has 5 heterocycles. The van der Waals surface area contributed by atoms with Crippen LogP contribution in [0.3, 0.4) is 0 Å². The third-order valence-electron chi connectivity index (χ3n) is 8.11. The summed E-state index contributed by atoms with van der Waals surface area (Å²) in [5, 5.41) is 4.31. The highest BCUT2D eigenvalue weighted by Crippen LogP contribution is 2.35. The van der Waals surface area contributed by atoms with Crippen LogP contribution in [-0.4, -0.2) is 81.1 Å². The van der Waals surface area contributed by atoms with Crippen LogP contribution >= 0.6 is 0 Å². The normalized spacial score (nSPS) is 19.0. The molecular weight excluding hydrogens is 455 g/mol. The third-order valence-corrected chi connectivity index (χ3v) is 8.11. The molecule has 8 nitrogen and oxygen atoms in total. The largest absolute Gasteiger partial charge is 0.354 e. The second-order valence-electron chi connectivity index (χ2n) is 10.7. The predicted molar refractivity (Wildman–Crippen MR) is 142 cm³/mol. The highest BCUT2D eigenvalue weighted by Gasteiger charge is 2.24. The molecule has 0 bridgehead atoms. The number of rotatable bonds is 5. The molecule has 0 radical (unpaired) electrons. The molecule has 2 aliphatic heterocycles. The summed E-state index contributed by atoms with van der Waals surface area (Å²) in [6.07, 6.45) is 8.22. The molecule has 0 amide bonds. The van der Waals surface area contributed by atoms with Crippen molar-refractivity contribution in [3.05, 3.63) is 36.2 Å². The Labute approximate surface area is 210 Å². The Hall–Kier alpha value is -3.04. The number of aromatic nitrogens is 5. The number of hydrogen-bond acceptors (Lipinski definition) is 6. The van der Waals surface area contributed by atoms with Gasteiger partial charge in [-0.15, -0.1) is 0 Å². The lowest BCUT2D eigenvalue weighted by molar-refractivity contribution is 0.222. The summed E-state index contributed by atoms with van der Waals surface area (Å²) in [6, 6.07) is 4.00. The Morgan fingerprint density at radius 2 is 1.75 bits per heavy atom. The van der Waals surface area contributed by atoms with Crippen molar-refractivity contribution >= 4 is 28.0 Å². The number of likely N-dealkylation sites (tertiary alicyclic amines) is 2. The molecule has 36 heavy (non-hydrogen) atoms. The summed E-state index contributed by atoms with van der Waals surface area (Å²) < 4.78 is 17.5. The summed E-state index contributed by atoms with van der Waals surface area (Å²) in [5.74, 6) is 1.86. The maximum absolute atomic E-state index is 15.3. The van der Waals surface area contributed by atoms with E-state index in [4.69, 9.17) is 4.98 Å². The Morgan fingerprint density at radius 3 is 2.50 bits per heavy atom. The first kappa shape index (κ1) is 23.4. The Bertz CT molecular complexity index is 1380. The van der Waals surface area contributed by atoms with Gasteiger partial charge in [0.05, 0.1) is 5.52 Å². The van der Waals surface area contributed by atoms with Crippen molar-refractivity contribution in [2.75, 3.05) is 52.1 Å². The quantitative estimate of drug-likeness (QED) is 0.431. The number of H-pyrrole nitrogens is 1. The monoisotopic (exact) mass is 490 g/mol. The van der Waals surface area contributed by atoms with E-state index in [0.29, 0.717) is 23.4 Å². The maximum Gasteiger partial charge on any atom is 0.224 e. The minimum Gasteiger partial charge on any atom is -0.354 e. The average Bonchev–Trinajstić information content (AvgIpc) is 3.45. The SMILES string of the molecule is Cc1nc2c(F)cc(-c3c[nH]c4nc(NCC5CCN(C)CC5)ncc34)cc2n1C1CCN(C)CC1. The number of benzene rings is 1. The van der Waals surface area contributed by atoms with Crippen LogP contribution in [0.1, 0.15) is 37.5 Å². The minimum absolute atomic E-state index is 0.288. The van der Waals surface area contributed by atoms with Crippen molar-refractivity contribution in [1.82, 2.24) is 34.3 Å². The van der Waals surface area contributed by atoms with Crippen LogP contribution in [0.5, 0.6) is 0 Å². The third kappa shape index (κ3) is 4.35. The van der Waals surface area contributed by atoms with Gasteiger partial charge in [0, 0.05) is 35.9 Å². The molecule has 190 valence electrons. The van der Waals surface area contributed by atoms with Crippen molar-refractivity contribution in [3.8, 4) is 11.1 Å². The van der Waals surface area contributed by atoms with Crippen LogP contribution in [0.25, 0.3) is 33.2 Å². The van der Waals surface area contributed by atoms with Gasteiger partial charge in [0.15, 0.2) is 5.82 Å². The highest BCUT2D eigenvalue weighted by atomic mass is 19.1. The van der Waals surface area contributed by atoms with E-state index in [-0.39, 0.29) is 5.82 Å². The molecule has 9 heteroatoms. The van der Waals surface area contributed by atoms with Gasteiger partial charge in [0.25, 0.3) is 0 Å². The van der Waals surface area contributed by atoms with Crippen molar-refractivity contribution in [2.24, 2.45) is 5.92 Å². The van der Waals surface area contributed by atoms with E-state index in [1.54, 1.807) is 6.07 Å². The van der Waals surface area contributed by atoms with Gasteiger partial charge < -0.3 is 24.7 Å². The predicted octanol–water partition coefficient (Wildman–Crippen LogP) is 4.44. The van der Waals surface area contributed by atoms with Crippen LogP contribution in [0.4, 0.5) is 10.3 Å². The number of aromatic amines is 1. The van der Waals surface area contributed by atoms with Gasteiger partial charge in [-0.3, -0.25) is 0 Å². The van der Waals surface area contributed by atoms with Gasteiger partial charge >= 0.3 is 0 Å². The molecule has 3 aromatic heterocycles. The molecule has 0 saturated carbocycles. The molecule has 2 N–H and O–H groups in total. The molecule has 2 saturated heterocycles. The first-order chi connectivity index (χ1) is 17.5. The number of imidazole rings is 1. The second-order valence-corrected chi connectivity index (χ2v) is 10.7. The lowest BCUT2D eigenvalue weighted by Gasteiger charge is -2.30. The standard InChI is InChI=1S/C27H35FN8/c1-17-32-25-23(28)12-19(13-24(25)36(17)20-6-10-35(3)11-7-20)21-15-29-26-22(21)16-31-27(33-26)30-14-18-4-8-34(2)9-5-18/h12-13,15-16,18,20H,4-11,14H2,1-3H3,(H2,29,30,31,33). The van der Waals surface area contributed by atoms with Crippen LogP contribution < -0.4 is 5.32 Å². The minimum atomic E-state index is -0.288. The second kappa shape index (κ2) is 9.44. The number of aryl methyl sites for hydroxylation is 1. The zero-order valence-corrected chi connectivity index (χ0v) is 21.4. The van der Waals surface area contributed by atoms with E-state index in [2.05, 4.69) is 54.8 Å². The Morgan fingerprint density at radius 1 is 1.03 bits per heavy atom. The van der Waals surface area contributed by atoms with Gasteiger partial charge in [-0.2, -0.15) is 4.98 Å². The van der Waals surface area contributed by atoms with Crippen molar-refractivity contribution in [1.29, 1.82) is 0 Å². The topological polar surface area (TPSA) is 77.9 Å². The van der Waals surface area contributed by atoms with E-state index >= 15 is 4.39 Å². The highest BCUT2D eigenvalue weighted by molar-refractivity contribution is 5.96. The lowest BCUT2D eigenvalue weighted by Crippen LogP contribution is -2.33. The van der Waals surface area contributed by atoms with Gasteiger partial charge in [-0.25, -0.2) is 14.4 Å². The van der Waals surface area contributed by atoms with Crippen LogP contribution in [0.15, 0.2) is 24.5 Å². The molecule has 2 fully saturated rings. The van der Waals surface area contributed by atoms with E-state index < -0.39 is 0 Å². The van der Waals surface area contributed by atoms with Gasteiger partial charge in [-0.1, -0.05) is 0 Å². The molecule has 0 atom stereocenters. The molecule has 0 aliphatic carbocycles. The molecule has 6 rings (SSSR count). The van der Waals surface area contributed by atoms with Gasteiger partial charge in [-0.05, 0) is 96.5 Å². The first-order valence-corrected chi connectivity index (χ1v) is 13.1.